The molecule has 1 heterocycles. The Morgan fingerprint density at radius 2 is 2.22 bits per heavy atom. The van der Waals surface area contributed by atoms with E-state index in [0.29, 0.717) is 17.4 Å². The van der Waals surface area contributed by atoms with Crippen LogP contribution in [-0.2, 0) is 13.7 Å². The first-order chi connectivity index (χ1) is 8.56. The Balaban J connectivity index is 2.05. The SMILES string of the molecule is CC(N)c1ccc(OCc2ccn(C)n2)c(Cl)c1. The highest BCUT2D eigenvalue weighted by Gasteiger charge is 2.06. The molecule has 1 atom stereocenters. The van der Waals surface area contributed by atoms with Gasteiger partial charge in [-0.3, -0.25) is 4.68 Å². The van der Waals surface area contributed by atoms with Crippen molar-refractivity contribution in [2.24, 2.45) is 12.8 Å². The minimum Gasteiger partial charge on any atom is -0.486 e. The summed E-state index contributed by atoms with van der Waals surface area (Å²) in [7, 11) is 1.87. The Labute approximate surface area is 111 Å². The molecule has 0 amide bonds. The van der Waals surface area contributed by atoms with Gasteiger partial charge >= 0.3 is 0 Å². The molecule has 1 aromatic heterocycles. The van der Waals surface area contributed by atoms with Gasteiger partial charge in [0.25, 0.3) is 0 Å². The number of hydrogen-bond donors (Lipinski definition) is 1. The van der Waals surface area contributed by atoms with Crippen LogP contribution in [-0.4, -0.2) is 9.78 Å². The molecular formula is C13H16ClN3O. The van der Waals surface area contributed by atoms with Crippen LogP contribution in [0.15, 0.2) is 30.5 Å². The molecular weight excluding hydrogens is 250 g/mol. The van der Waals surface area contributed by atoms with E-state index in [1.165, 1.54) is 0 Å². The van der Waals surface area contributed by atoms with E-state index in [0.717, 1.165) is 11.3 Å². The molecule has 0 radical (unpaired) electrons. The van der Waals surface area contributed by atoms with Gasteiger partial charge in [-0.15, -0.1) is 0 Å². The zero-order chi connectivity index (χ0) is 13.1. The topological polar surface area (TPSA) is 53.1 Å². The van der Waals surface area contributed by atoms with Gasteiger partial charge in [0.05, 0.1) is 10.7 Å². The van der Waals surface area contributed by atoms with E-state index in [1.807, 2.05) is 44.4 Å². The lowest BCUT2D eigenvalue weighted by molar-refractivity contribution is 0.300. The predicted octanol–water partition coefficient (Wildman–Crippen LogP) is 2.67. The lowest BCUT2D eigenvalue weighted by Crippen LogP contribution is -2.05. The lowest BCUT2D eigenvalue weighted by Gasteiger charge is -2.10. The maximum absolute atomic E-state index is 6.14. The minimum absolute atomic E-state index is 0.0349. The van der Waals surface area contributed by atoms with Crippen LogP contribution in [0, 0.1) is 0 Å². The smallest absolute Gasteiger partial charge is 0.138 e. The highest BCUT2D eigenvalue weighted by Crippen LogP contribution is 2.27. The molecule has 0 aliphatic heterocycles. The first kappa shape index (κ1) is 12.9. The Morgan fingerprint density at radius 3 is 2.78 bits per heavy atom. The van der Waals surface area contributed by atoms with E-state index < -0.39 is 0 Å². The second-order valence-electron chi connectivity index (χ2n) is 4.25. The van der Waals surface area contributed by atoms with E-state index in [-0.39, 0.29) is 6.04 Å². The molecule has 18 heavy (non-hydrogen) atoms. The summed E-state index contributed by atoms with van der Waals surface area (Å²) in [6.45, 7) is 2.32. The lowest BCUT2D eigenvalue weighted by atomic mass is 10.1. The Bertz CT molecular complexity index is 537. The van der Waals surface area contributed by atoms with Gasteiger partial charge in [-0.2, -0.15) is 5.10 Å². The summed E-state index contributed by atoms with van der Waals surface area (Å²) in [6, 6.07) is 7.46. The molecule has 0 spiro atoms. The standard InChI is InChI=1S/C13H16ClN3O/c1-9(15)10-3-4-13(12(14)7-10)18-8-11-5-6-17(2)16-11/h3-7,9H,8,15H2,1-2H3. The normalized spacial score (nSPS) is 12.4. The van der Waals surface area contributed by atoms with Gasteiger partial charge in [-0.25, -0.2) is 0 Å². The third-order valence-electron chi connectivity index (χ3n) is 2.63. The minimum atomic E-state index is -0.0349. The van der Waals surface area contributed by atoms with Crippen LogP contribution in [0.3, 0.4) is 0 Å². The van der Waals surface area contributed by atoms with Crippen LogP contribution in [0.5, 0.6) is 5.75 Å². The molecule has 0 bridgehead atoms. The molecule has 2 rings (SSSR count). The van der Waals surface area contributed by atoms with Crippen molar-refractivity contribution < 1.29 is 4.74 Å². The van der Waals surface area contributed by atoms with Crippen molar-refractivity contribution in [3.8, 4) is 5.75 Å². The summed E-state index contributed by atoms with van der Waals surface area (Å²) in [4.78, 5) is 0. The number of hydrogen-bond acceptors (Lipinski definition) is 3. The average molecular weight is 266 g/mol. The summed E-state index contributed by atoms with van der Waals surface area (Å²) in [5.41, 5.74) is 7.64. The third kappa shape index (κ3) is 3.03. The van der Waals surface area contributed by atoms with E-state index in [9.17, 15) is 0 Å². The van der Waals surface area contributed by atoms with Gasteiger partial charge in [0.2, 0.25) is 0 Å². The van der Waals surface area contributed by atoms with Crippen molar-refractivity contribution in [1.29, 1.82) is 0 Å². The Kier molecular flexibility index (Phi) is 3.89. The predicted molar refractivity (Wildman–Crippen MR) is 71.6 cm³/mol. The molecule has 2 aromatic rings. The summed E-state index contributed by atoms with van der Waals surface area (Å²) in [5.74, 6) is 0.645. The first-order valence-corrected chi connectivity index (χ1v) is 6.10. The van der Waals surface area contributed by atoms with Gasteiger partial charge in [0.1, 0.15) is 12.4 Å². The number of aromatic nitrogens is 2. The number of benzene rings is 1. The van der Waals surface area contributed by atoms with Crippen molar-refractivity contribution in [1.82, 2.24) is 9.78 Å². The number of nitrogens with two attached hydrogens (primary N) is 1. The zero-order valence-electron chi connectivity index (χ0n) is 10.4. The summed E-state index contributed by atoms with van der Waals surface area (Å²) >= 11 is 6.14. The van der Waals surface area contributed by atoms with Crippen molar-refractivity contribution in [2.45, 2.75) is 19.6 Å². The van der Waals surface area contributed by atoms with Crippen molar-refractivity contribution in [3.63, 3.8) is 0 Å². The number of nitrogens with zero attached hydrogens (tertiary/aromatic N) is 2. The maximum Gasteiger partial charge on any atom is 0.138 e. The number of halogens is 1. The highest BCUT2D eigenvalue weighted by atomic mass is 35.5. The number of aryl methyl sites for hydroxylation is 1. The number of rotatable bonds is 4. The summed E-state index contributed by atoms with van der Waals surface area (Å²) < 4.78 is 7.36. The molecule has 2 N–H and O–H groups in total. The van der Waals surface area contributed by atoms with Crippen LogP contribution in [0.25, 0.3) is 0 Å². The van der Waals surface area contributed by atoms with Crippen LogP contribution < -0.4 is 10.5 Å². The maximum atomic E-state index is 6.14. The fourth-order valence-electron chi connectivity index (χ4n) is 1.61. The first-order valence-electron chi connectivity index (χ1n) is 5.72. The van der Waals surface area contributed by atoms with Crippen LogP contribution >= 0.6 is 11.6 Å². The van der Waals surface area contributed by atoms with Gasteiger partial charge < -0.3 is 10.5 Å². The van der Waals surface area contributed by atoms with E-state index in [1.54, 1.807) is 4.68 Å². The van der Waals surface area contributed by atoms with Crippen LogP contribution in [0.2, 0.25) is 5.02 Å². The molecule has 5 heteroatoms. The highest BCUT2D eigenvalue weighted by molar-refractivity contribution is 6.32. The van der Waals surface area contributed by atoms with Crippen LogP contribution in [0.1, 0.15) is 24.2 Å². The molecule has 0 aliphatic carbocycles. The van der Waals surface area contributed by atoms with Gasteiger partial charge in [0, 0.05) is 19.3 Å². The quantitative estimate of drug-likeness (QED) is 0.925. The van der Waals surface area contributed by atoms with Crippen LogP contribution in [0.4, 0.5) is 0 Å². The summed E-state index contributed by atoms with van der Waals surface area (Å²) in [6.07, 6.45) is 1.87. The molecule has 0 aliphatic rings. The summed E-state index contributed by atoms with van der Waals surface area (Å²) in [5, 5.41) is 4.80. The molecule has 0 fully saturated rings. The molecule has 96 valence electrons. The number of ether oxygens (including phenoxy) is 1. The average Bonchev–Trinajstić information content (AvgIpc) is 2.73. The molecule has 0 saturated carbocycles. The van der Waals surface area contributed by atoms with Gasteiger partial charge in [-0.05, 0) is 30.7 Å². The van der Waals surface area contributed by atoms with Gasteiger partial charge in [-0.1, -0.05) is 17.7 Å². The molecule has 1 unspecified atom stereocenters. The molecule has 0 saturated heterocycles. The van der Waals surface area contributed by atoms with E-state index in [2.05, 4.69) is 5.10 Å². The van der Waals surface area contributed by atoms with Gasteiger partial charge in [0.15, 0.2) is 0 Å². The van der Waals surface area contributed by atoms with E-state index in [4.69, 9.17) is 22.1 Å². The second kappa shape index (κ2) is 5.42. The Morgan fingerprint density at radius 1 is 1.44 bits per heavy atom. The second-order valence-corrected chi connectivity index (χ2v) is 4.66. The molecule has 4 nitrogen and oxygen atoms in total. The third-order valence-corrected chi connectivity index (χ3v) is 2.92. The van der Waals surface area contributed by atoms with Crippen molar-refractivity contribution in [2.75, 3.05) is 0 Å². The van der Waals surface area contributed by atoms with Crippen molar-refractivity contribution in [3.05, 3.63) is 46.7 Å². The monoisotopic (exact) mass is 265 g/mol. The molecule has 1 aromatic carbocycles. The fourth-order valence-corrected chi connectivity index (χ4v) is 1.85. The zero-order valence-corrected chi connectivity index (χ0v) is 11.2. The Hall–Kier alpha value is -1.52. The van der Waals surface area contributed by atoms with Crippen molar-refractivity contribution >= 4 is 11.6 Å². The fraction of sp³-hybridized carbons (Fsp3) is 0.308. The largest absolute Gasteiger partial charge is 0.486 e. The van der Waals surface area contributed by atoms with E-state index >= 15 is 0 Å².